The second-order valence-electron chi connectivity index (χ2n) is 3.14. The highest BCUT2D eigenvalue weighted by Crippen LogP contribution is 2.25. The average Bonchev–Trinajstić information content (AvgIpc) is 2.79. The molecule has 2 rings (SSSR count). The normalized spacial score (nSPS) is 10.1. The van der Waals surface area contributed by atoms with Crippen LogP contribution in [0.15, 0.2) is 33.3 Å². The van der Waals surface area contributed by atoms with Crippen LogP contribution in [-0.2, 0) is 5.75 Å². The Morgan fingerprint density at radius 2 is 2.24 bits per heavy atom. The second kappa shape index (κ2) is 5.84. The third-order valence-corrected chi connectivity index (χ3v) is 3.45. The number of rotatable bonds is 4. The summed E-state index contributed by atoms with van der Waals surface area (Å²) in [5.74, 6) is 2.08. The molecule has 1 heterocycles. The lowest BCUT2D eigenvalue weighted by Gasteiger charge is -1.96. The fraction of sp³-hybridized carbons (Fsp3) is 0.182. The minimum absolute atomic E-state index is 0.423. The fourth-order valence-corrected chi connectivity index (χ4v) is 2.20. The van der Waals surface area contributed by atoms with Gasteiger partial charge in [0.15, 0.2) is 0 Å². The summed E-state index contributed by atoms with van der Waals surface area (Å²) >= 11 is 4.89. The molecule has 2 aromatic rings. The summed E-state index contributed by atoms with van der Waals surface area (Å²) in [7, 11) is 0. The molecule has 6 heteroatoms. The SMILES string of the molecule is N#CCSCc1nc(-c2ccccc2Br)no1. The van der Waals surface area contributed by atoms with E-state index >= 15 is 0 Å². The van der Waals surface area contributed by atoms with Crippen molar-refractivity contribution >= 4 is 27.7 Å². The Balaban J connectivity index is 2.14. The molecule has 4 nitrogen and oxygen atoms in total. The summed E-state index contributed by atoms with van der Waals surface area (Å²) in [4.78, 5) is 4.28. The van der Waals surface area contributed by atoms with Crippen LogP contribution in [0.2, 0.25) is 0 Å². The summed E-state index contributed by atoms with van der Waals surface area (Å²) in [6.45, 7) is 0. The molecule has 0 aliphatic carbocycles. The molecule has 0 bridgehead atoms. The van der Waals surface area contributed by atoms with Crippen molar-refractivity contribution in [1.82, 2.24) is 10.1 Å². The van der Waals surface area contributed by atoms with Crippen LogP contribution in [0.25, 0.3) is 11.4 Å². The molecule has 0 fully saturated rings. The first-order valence-electron chi connectivity index (χ1n) is 4.83. The predicted octanol–water partition coefficient (Wildman–Crippen LogP) is 3.26. The molecule has 0 atom stereocenters. The topological polar surface area (TPSA) is 62.7 Å². The van der Waals surface area contributed by atoms with Gasteiger partial charge in [-0.3, -0.25) is 0 Å². The third kappa shape index (κ3) is 3.08. The largest absolute Gasteiger partial charge is 0.338 e. The zero-order valence-corrected chi connectivity index (χ0v) is 11.2. The molecule has 0 radical (unpaired) electrons. The Morgan fingerprint density at radius 1 is 1.41 bits per heavy atom. The molecular formula is C11H8BrN3OS. The van der Waals surface area contributed by atoms with Crippen molar-refractivity contribution in [2.24, 2.45) is 0 Å². The van der Waals surface area contributed by atoms with E-state index in [0.717, 1.165) is 10.0 Å². The van der Waals surface area contributed by atoms with Crippen molar-refractivity contribution in [3.8, 4) is 17.5 Å². The van der Waals surface area contributed by atoms with E-state index in [1.54, 1.807) is 0 Å². The van der Waals surface area contributed by atoms with E-state index in [1.165, 1.54) is 11.8 Å². The number of thioether (sulfide) groups is 1. The van der Waals surface area contributed by atoms with Crippen LogP contribution < -0.4 is 0 Å². The molecule has 0 saturated heterocycles. The number of benzene rings is 1. The van der Waals surface area contributed by atoms with Crippen LogP contribution in [0, 0.1) is 11.3 Å². The van der Waals surface area contributed by atoms with Crippen LogP contribution >= 0.6 is 27.7 Å². The van der Waals surface area contributed by atoms with Crippen LogP contribution in [-0.4, -0.2) is 15.9 Å². The number of aromatic nitrogens is 2. The molecule has 1 aromatic heterocycles. The highest BCUT2D eigenvalue weighted by molar-refractivity contribution is 9.10. The maximum absolute atomic E-state index is 8.42. The standard InChI is InChI=1S/C11H8BrN3OS/c12-9-4-2-1-3-8(9)11-14-10(16-15-11)7-17-6-5-13/h1-4H,6-7H2. The molecule has 0 spiro atoms. The maximum Gasteiger partial charge on any atom is 0.236 e. The zero-order chi connectivity index (χ0) is 12.1. The van der Waals surface area contributed by atoms with Gasteiger partial charge < -0.3 is 4.52 Å². The van der Waals surface area contributed by atoms with Crippen molar-refractivity contribution in [3.63, 3.8) is 0 Å². The van der Waals surface area contributed by atoms with Crippen molar-refractivity contribution in [3.05, 3.63) is 34.6 Å². The van der Waals surface area contributed by atoms with E-state index in [-0.39, 0.29) is 0 Å². The molecule has 86 valence electrons. The lowest BCUT2D eigenvalue weighted by Crippen LogP contribution is -1.84. The summed E-state index contributed by atoms with van der Waals surface area (Å²) in [5.41, 5.74) is 0.896. The Labute approximate surface area is 111 Å². The van der Waals surface area contributed by atoms with Gasteiger partial charge >= 0.3 is 0 Å². The predicted molar refractivity (Wildman–Crippen MR) is 69.2 cm³/mol. The molecule has 0 saturated carbocycles. The van der Waals surface area contributed by atoms with Crippen molar-refractivity contribution in [1.29, 1.82) is 5.26 Å². The van der Waals surface area contributed by atoms with Crippen molar-refractivity contribution in [2.45, 2.75) is 5.75 Å². The molecule has 1 aromatic carbocycles. The van der Waals surface area contributed by atoms with Crippen LogP contribution in [0.3, 0.4) is 0 Å². The first-order chi connectivity index (χ1) is 8.31. The molecule has 0 unspecified atom stereocenters. The quantitative estimate of drug-likeness (QED) is 0.811. The maximum atomic E-state index is 8.42. The Bertz CT molecular complexity index is 550. The van der Waals surface area contributed by atoms with Gasteiger partial charge in [-0.05, 0) is 12.1 Å². The van der Waals surface area contributed by atoms with Crippen LogP contribution in [0.1, 0.15) is 5.89 Å². The summed E-state index contributed by atoms with van der Waals surface area (Å²) in [5, 5.41) is 12.3. The monoisotopic (exact) mass is 309 g/mol. The van der Waals surface area contributed by atoms with E-state index in [1.807, 2.05) is 24.3 Å². The van der Waals surface area contributed by atoms with Crippen molar-refractivity contribution in [2.75, 3.05) is 5.75 Å². The van der Waals surface area contributed by atoms with Gasteiger partial charge in [-0.2, -0.15) is 10.2 Å². The molecule has 0 aliphatic rings. The van der Waals surface area contributed by atoms with E-state index < -0.39 is 0 Å². The minimum Gasteiger partial charge on any atom is -0.338 e. The lowest BCUT2D eigenvalue weighted by molar-refractivity contribution is 0.391. The van der Waals surface area contributed by atoms with Gasteiger partial charge in [0.25, 0.3) is 0 Å². The summed E-state index contributed by atoms with van der Waals surface area (Å²) in [6, 6.07) is 9.74. The molecule has 17 heavy (non-hydrogen) atoms. The highest BCUT2D eigenvalue weighted by Gasteiger charge is 2.10. The smallest absolute Gasteiger partial charge is 0.236 e. The first-order valence-corrected chi connectivity index (χ1v) is 6.78. The molecule has 0 amide bonds. The van der Waals surface area contributed by atoms with Gasteiger partial charge in [-0.15, -0.1) is 11.8 Å². The van der Waals surface area contributed by atoms with Crippen LogP contribution in [0.5, 0.6) is 0 Å². The second-order valence-corrected chi connectivity index (χ2v) is 4.98. The van der Waals surface area contributed by atoms with Gasteiger partial charge in [0.1, 0.15) is 0 Å². The van der Waals surface area contributed by atoms with Gasteiger partial charge in [0, 0.05) is 10.0 Å². The number of hydrogen-bond donors (Lipinski definition) is 0. The third-order valence-electron chi connectivity index (χ3n) is 1.97. The van der Waals surface area contributed by atoms with Gasteiger partial charge in [0.05, 0.1) is 17.6 Å². The Kier molecular flexibility index (Phi) is 4.18. The first kappa shape index (κ1) is 12.1. The Hall–Kier alpha value is -1.32. The molecular weight excluding hydrogens is 302 g/mol. The van der Waals surface area contributed by atoms with E-state index in [0.29, 0.717) is 23.2 Å². The Morgan fingerprint density at radius 3 is 3.00 bits per heavy atom. The number of hydrogen-bond acceptors (Lipinski definition) is 5. The lowest BCUT2D eigenvalue weighted by atomic mass is 10.2. The fourth-order valence-electron chi connectivity index (χ4n) is 1.25. The summed E-state index contributed by atoms with van der Waals surface area (Å²) in [6.07, 6.45) is 0. The highest BCUT2D eigenvalue weighted by atomic mass is 79.9. The van der Waals surface area contributed by atoms with Gasteiger partial charge in [-0.25, -0.2) is 0 Å². The minimum atomic E-state index is 0.423. The van der Waals surface area contributed by atoms with Crippen LogP contribution in [0.4, 0.5) is 0 Å². The molecule has 0 aliphatic heterocycles. The molecule has 0 N–H and O–H groups in total. The number of halogens is 1. The van der Waals surface area contributed by atoms with E-state index in [4.69, 9.17) is 9.78 Å². The van der Waals surface area contributed by atoms with E-state index in [2.05, 4.69) is 32.1 Å². The van der Waals surface area contributed by atoms with Gasteiger partial charge in [-0.1, -0.05) is 33.2 Å². The average molecular weight is 310 g/mol. The number of nitriles is 1. The van der Waals surface area contributed by atoms with Gasteiger partial charge in [0.2, 0.25) is 11.7 Å². The van der Waals surface area contributed by atoms with E-state index in [9.17, 15) is 0 Å². The zero-order valence-electron chi connectivity index (χ0n) is 8.76. The number of nitrogens with zero attached hydrogens (tertiary/aromatic N) is 3. The summed E-state index contributed by atoms with van der Waals surface area (Å²) < 4.78 is 6.04. The van der Waals surface area contributed by atoms with Crippen molar-refractivity contribution < 1.29 is 4.52 Å².